The smallest absolute Gasteiger partial charge is 0.243 e. The summed E-state index contributed by atoms with van der Waals surface area (Å²) < 4.78 is 38.2. The fraction of sp³-hybridized carbons (Fsp3) is 0.647. The van der Waals surface area contributed by atoms with Crippen LogP contribution in [-0.4, -0.2) is 76.3 Å². The molecule has 9 heteroatoms. The maximum Gasteiger partial charge on any atom is 0.243 e. The summed E-state index contributed by atoms with van der Waals surface area (Å²) in [6.45, 7) is 5.19. The Morgan fingerprint density at radius 3 is 2.58 bits per heavy atom. The average molecular weight is 423 g/mol. The number of nitrogens with zero attached hydrogens (tertiary/aromatic N) is 2. The number of ether oxygens (including phenoxy) is 2. The van der Waals surface area contributed by atoms with Crippen LogP contribution < -0.4 is 0 Å². The summed E-state index contributed by atoms with van der Waals surface area (Å²) in [6.07, 6.45) is 2.43. The molecule has 0 radical (unpaired) electrons. The lowest BCUT2D eigenvalue weighted by Gasteiger charge is -2.33. The second-order valence-electron chi connectivity index (χ2n) is 6.53. The van der Waals surface area contributed by atoms with E-state index in [1.807, 2.05) is 0 Å². The molecule has 2 heterocycles. The third-order valence-corrected chi connectivity index (χ3v) is 7.37. The molecule has 0 saturated carbocycles. The van der Waals surface area contributed by atoms with Crippen LogP contribution in [0.15, 0.2) is 23.1 Å². The van der Waals surface area contributed by atoms with Crippen LogP contribution in [-0.2, 0) is 19.5 Å². The van der Waals surface area contributed by atoms with Gasteiger partial charge in [-0.05, 0) is 31.0 Å². The van der Waals surface area contributed by atoms with E-state index in [2.05, 4.69) is 4.90 Å². The first-order valence-electron chi connectivity index (χ1n) is 8.84. The molecule has 1 unspecified atom stereocenters. The van der Waals surface area contributed by atoms with Crippen molar-refractivity contribution in [3.05, 3.63) is 28.2 Å². The molecule has 3 rings (SSSR count). The molecule has 0 spiro atoms. The van der Waals surface area contributed by atoms with Crippen molar-refractivity contribution in [1.82, 2.24) is 9.21 Å². The predicted molar refractivity (Wildman–Crippen MR) is 101 cm³/mol. The van der Waals surface area contributed by atoms with Gasteiger partial charge in [0.1, 0.15) is 0 Å². The monoisotopic (exact) mass is 422 g/mol. The maximum atomic E-state index is 12.7. The van der Waals surface area contributed by atoms with Crippen LogP contribution in [0.3, 0.4) is 0 Å². The van der Waals surface area contributed by atoms with E-state index in [1.54, 1.807) is 0 Å². The van der Waals surface area contributed by atoms with Crippen LogP contribution in [0.25, 0.3) is 0 Å². The third kappa shape index (κ3) is 5.10. The highest BCUT2D eigenvalue weighted by Crippen LogP contribution is 2.27. The highest BCUT2D eigenvalue weighted by molar-refractivity contribution is 7.89. The number of rotatable bonds is 7. The van der Waals surface area contributed by atoms with Crippen molar-refractivity contribution < 1.29 is 17.9 Å². The van der Waals surface area contributed by atoms with Gasteiger partial charge in [0.05, 0.1) is 34.3 Å². The van der Waals surface area contributed by atoms with Crippen LogP contribution in [0.1, 0.15) is 12.8 Å². The fourth-order valence-corrected chi connectivity index (χ4v) is 4.98. The minimum atomic E-state index is -3.55. The van der Waals surface area contributed by atoms with Gasteiger partial charge in [0, 0.05) is 39.3 Å². The number of benzene rings is 1. The Balaban J connectivity index is 1.44. The van der Waals surface area contributed by atoms with E-state index in [1.165, 1.54) is 22.5 Å². The number of hydrogen-bond acceptors (Lipinski definition) is 5. The molecule has 0 aliphatic carbocycles. The summed E-state index contributed by atoms with van der Waals surface area (Å²) >= 11 is 11.8. The molecular weight excluding hydrogens is 399 g/mol. The van der Waals surface area contributed by atoms with E-state index >= 15 is 0 Å². The number of piperazine rings is 1. The van der Waals surface area contributed by atoms with Crippen LogP contribution in [0, 0.1) is 0 Å². The van der Waals surface area contributed by atoms with Crippen LogP contribution in [0.5, 0.6) is 0 Å². The van der Waals surface area contributed by atoms with Gasteiger partial charge in [-0.1, -0.05) is 23.2 Å². The van der Waals surface area contributed by atoms with Gasteiger partial charge < -0.3 is 9.47 Å². The quantitative estimate of drug-likeness (QED) is 0.631. The zero-order valence-corrected chi connectivity index (χ0v) is 16.9. The first kappa shape index (κ1) is 20.3. The second kappa shape index (κ2) is 9.19. The molecule has 2 aliphatic rings. The molecule has 6 nitrogen and oxygen atoms in total. The molecule has 146 valence electrons. The summed E-state index contributed by atoms with van der Waals surface area (Å²) in [4.78, 5) is 2.40. The van der Waals surface area contributed by atoms with Gasteiger partial charge in [-0.15, -0.1) is 0 Å². The van der Waals surface area contributed by atoms with Crippen molar-refractivity contribution in [2.75, 3.05) is 52.5 Å². The molecule has 0 bridgehead atoms. The summed E-state index contributed by atoms with van der Waals surface area (Å²) in [7, 11) is -3.55. The van der Waals surface area contributed by atoms with Crippen molar-refractivity contribution in [3.63, 3.8) is 0 Å². The lowest BCUT2D eigenvalue weighted by atomic mass is 10.2. The average Bonchev–Trinajstić information content (AvgIpc) is 3.15. The van der Waals surface area contributed by atoms with Gasteiger partial charge in [0.15, 0.2) is 0 Å². The highest BCUT2D eigenvalue weighted by atomic mass is 35.5. The van der Waals surface area contributed by atoms with Crippen LogP contribution >= 0.6 is 23.2 Å². The van der Waals surface area contributed by atoms with Gasteiger partial charge in [-0.25, -0.2) is 8.42 Å². The minimum absolute atomic E-state index is 0.181. The lowest BCUT2D eigenvalue weighted by molar-refractivity contribution is 0.00837. The van der Waals surface area contributed by atoms with E-state index in [9.17, 15) is 8.42 Å². The highest BCUT2D eigenvalue weighted by Gasteiger charge is 2.28. The van der Waals surface area contributed by atoms with Gasteiger partial charge in [-0.3, -0.25) is 4.90 Å². The molecular formula is C17H24Cl2N2O4S. The first-order valence-corrected chi connectivity index (χ1v) is 11.0. The largest absolute Gasteiger partial charge is 0.377 e. The normalized spacial score (nSPS) is 22.8. The van der Waals surface area contributed by atoms with E-state index < -0.39 is 10.0 Å². The zero-order valence-electron chi connectivity index (χ0n) is 14.6. The molecule has 1 aromatic carbocycles. The third-order valence-electron chi connectivity index (χ3n) is 4.74. The Kier molecular flexibility index (Phi) is 7.18. The summed E-state index contributed by atoms with van der Waals surface area (Å²) in [5.41, 5.74) is 0. The molecule has 26 heavy (non-hydrogen) atoms. The molecule has 1 atom stereocenters. The van der Waals surface area contributed by atoms with Crippen molar-refractivity contribution in [3.8, 4) is 0 Å². The summed E-state index contributed by atoms with van der Waals surface area (Å²) in [5.74, 6) is 0. The topological polar surface area (TPSA) is 59.1 Å². The minimum Gasteiger partial charge on any atom is -0.377 e. The van der Waals surface area contributed by atoms with Crippen molar-refractivity contribution in [2.24, 2.45) is 0 Å². The summed E-state index contributed by atoms with van der Waals surface area (Å²) in [6, 6.07) is 4.41. The zero-order chi connectivity index (χ0) is 18.6. The molecule has 0 aromatic heterocycles. The standard InChI is InChI=1S/C17H24Cl2N2O4S/c18-16-4-3-15(12-17(16)19)26(22,23)21-7-5-20(6-8-21)9-11-24-13-14-2-1-10-25-14/h3-4,12,14H,1-2,5-11,13H2. The number of hydrogen-bond donors (Lipinski definition) is 0. The Labute approximate surface area is 165 Å². The first-order chi connectivity index (χ1) is 12.5. The fourth-order valence-electron chi connectivity index (χ4n) is 3.16. The van der Waals surface area contributed by atoms with E-state index in [4.69, 9.17) is 32.7 Å². The Bertz CT molecular complexity index is 703. The number of sulfonamides is 1. The maximum absolute atomic E-state index is 12.7. The predicted octanol–water partition coefficient (Wildman–Crippen LogP) is 2.50. The SMILES string of the molecule is O=S(=O)(c1ccc(Cl)c(Cl)c1)N1CCN(CCOCC2CCCO2)CC1. The number of halogens is 2. The summed E-state index contributed by atoms with van der Waals surface area (Å²) in [5, 5.41) is 0.591. The molecule has 1 aromatic rings. The van der Waals surface area contributed by atoms with Crippen LogP contribution in [0.2, 0.25) is 10.0 Å². The molecule has 2 aliphatic heterocycles. The van der Waals surface area contributed by atoms with Gasteiger partial charge in [0.2, 0.25) is 10.0 Å². The van der Waals surface area contributed by atoms with Crippen molar-refractivity contribution in [1.29, 1.82) is 0 Å². The molecule has 0 N–H and O–H groups in total. The van der Waals surface area contributed by atoms with Gasteiger partial charge in [0.25, 0.3) is 0 Å². The van der Waals surface area contributed by atoms with E-state index in [0.29, 0.717) is 44.4 Å². The van der Waals surface area contributed by atoms with Crippen molar-refractivity contribution >= 4 is 33.2 Å². The molecule has 2 saturated heterocycles. The van der Waals surface area contributed by atoms with Crippen molar-refractivity contribution in [2.45, 2.75) is 23.8 Å². The Morgan fingerprint density at radius 1 is 1.15 bits per heavy atom. The van der Waals surface area contributed by atoms with E-state index in [-0.39, 0.29) is 16.0 Å². The molecule has 2 fully saturated rings. The lowest BCUT2D eigenvalue weighted by Crippen LogP contribution is -2.49. The van der Waals surface area contributed by atoms with Gasteiger partial charge >= 0.3 is 0 Å². The Morgan fingerprint density at radius 2 is 1.92 bits per heavy atom. The Hall–Kier alpha value is -0.410. The molecule has 0 amide bonds. The second-order valence-corrected chi connectivity index (χ2v) is 9.28. The van der Waals surface area contributed by atoms with E-state index in [0.717, 1.165) is 26.0 Å². The van der Waals surface area contributed by atoms with Crippen LogP contribution in [0.4, 0.5) is 0 Å². The van der Waals surface area contributed by atoms with Gasteiger partial charge in [-0.2, -0.15) is 4.31 Å².